The molecule has 0 amide bonds. The highest BCUT2D eigenvalue weighted by Crippen LogP contribution is 2.42. The molecule has 4 aromatic carbocycles. The van der Waals surface area contributed by atoms with Gasteiger partial charge in [0.15, 0.2) is 11.6 Å². The molecule has 0 heterocycles. The first-order valence-electron chi connectivity index (χ1n) is 10.5. The van der Waals surface area contributed by atoms with E-state index >= 15 is 0 Å². The van der Waals surface area contributed by atoms with Gasteiger partial charge in [0.05, 0.1) is 21.1 Å². The molecule has 0 saturated heterocycles. The van der Waals surface area contributed by atoms with Crippen molar-refractivity contribution < 1.29 is 22.9 Å². The summed E-state index contributed by atoms with van der Waals surface area (Å²) in [5, 5.41) is 11.9. The van der Waals surface area contributed by atoms with E-state index < -0.39 is 32.2 Å². The number of carbonyl (C=O) groups excluding carboxylic acids is 2. The molecular formula is C26H16N2O6S. The predicted molar refractivity (Wildman–Crippen MR) is 129 cm³/mol. The van der Waals surface area contributed by atoms with Crippen molar-refractivity contribution in [2.24, 2.45) is 0 Å². The lowest BCUT2D eigenvalue weighted by Gasteiger charge is -2.28. The second-order valence-corrected chi connectivity index (χ2v) is 9.52. The van der Waals surface area contributed by atoms with Crippen LogP contribution in [0.3, 0.4) is 0 Å². The fourth-order valence-electron chi connectivity index (χ4n) is 4.17. The van der Waals surface area contributed by atoms with Crippen molar-refractivity contribution in [1.29, 1.82) is 0 Å². The quantitative estimate of drug-likeness (QED) is 0.259. The summed E-state index contributed by atoms with van der Waals surface area (Å²) in [6.07, 6.45) is 0. The van der Waals surface area contributed by atoms with Gasteiger partial charge in [-0.1, -0.05) is 66.7 Å². The Morgan fingerprint density at radius 1 is 0.629 bits per heavy atom. The summed E-state index contributed by atoms with van der Waals surface area (Å²) in [5.41, 5.74) is -0.628. The molecule has 0 aromatic heterocycles. The number of fused-ring (bicyclic) bond motifs is 2. The number of nitrogens with zero attached hydrogens (tertiary/aromatic N) is 2. The van der Waals surface area contributed by atoms with Gasteiger partial charge >= 0.3 is 0 Å². The Kier molecular flexibility index (Phi) is 5.26. The number of hydrogen-bond donors (Lipinski definition) is 0. The molecule has 0 saturated carbocycles. The van der Waals surface area contributed by atoms with Crippen LogP contribution in [0.4, 0.5) is 17.1 Å². The Hall–Kier alpha value is -4.63. The predicted octanol–water partition coefficient (Wildman–Crippen LogP) is 4.90. The fraction of sp³-hybridized carbons (Fsp3) is 0. The van der Waals surface area contributed by atoms with Gasteiger partial charge in [-0.2, -0.15) is 0 Å². The standard InChI is InChI=1S/C26H16N2O6S/c29-25-18-11-4-5-12-19(18)26(30)24-20(25)13-8-16-23(24)27(21-14-6-7-15-22(21)28(31)32)35(33,34)17-9-2-1-3-10-17/h1-16H. The number of benzene rings is 4. The molecule has 35 heavy (non-hydrogen) atoms. The number of nitro groups is 1. The minimum absolute atomic E-state index is 0.0260. The van der Waals surface area contributed by atoms with Gasteiger partial charge in [-0.15, -0.1) is 0 Å². The summed E-state index contributed by atoms with van der Waals surface area (Å²) < 4.78 is 28.6. The normalized spacial score (nSPS) is 12.6. The number of para-hydroxylation sites is 2. The molecule has 1 aliphatic carbocycles. The Balaban J connectivity index is 1.85. The third-order valence-electron chi connectivity index (χ3n) is 5.73. The van der Waals surface area contributed by atoms with Crippen LogP contribution in [-0.4, -0.2) is 24.9 Å². The molecule has 0 bridgehead atoms. The van der Waals surface area contributed by atoms with Crippen LogP contribution in [-0.2, 0) is 10.0 Å². The van der Waals surface area contributed by atoms with Crippen LogP contribution in [0.15, 0.2) is 102 Å². The molecule has 9 heteroatoms. The highest BCUT2D eigenvalue weighted by Gasteiger charge is 2.38. The maximum atomic E-state index is 13.9. The molecule has 4 aromatic rings. The van der Waals surface area contributed by atoms with E-state index in [0.717, 1.165) is 4.31 Å². The zero-order valence-electron chi connectivity index (χ0n) is 18.0. The Morgan fingerprint density at radius 3 is 1.86 bits per heavy atom. The van der Waals surface area contributed by atoms with E-state index in [0.29, 0.717) is 0 Å². The summed E-state index contributed by atoms with van der Waals surface area (Å²) in [6, 6.07) is 23.3. The lowest BCUT2D eigenvalue weighted by Crippen LogP contribution is -2.31. The Bertz CT molecular complexity index is 1630. The van der Waals surface area contributed by atoms with Crippen molar-refractivity contribution in [1.82, 2.24) is 0 Å². The zero-order chi connectivity index (χ0) is 24.7. The van der Waals surface area contributed by atoms with Gasteiger partial charge in [0, 0.05) is 22.8 Å². The van der Waals surface area contributed by atoms with Crippen molar-refractivity contribution >= 4 is 38.7 Å². The van der Waals surface area contributed by atoms with E-state index in [1.54, 1.807) is 18.2 Å². The first kappa shape index (κ1) is 22.2. The Labute approximate surface area is 200 Å². The van der Waals surface area contributed by atoms with E-state index in [1.165, 1.54) is 78.9 Å². The van der Waals surface area contributed by atoms with Gasteiger partial charge in [-0.3, -0.25) is 19.7 Å². The van der Waals surface area contributed by atoms with Crippen molar-refractivity contribution in [2.45, 2.75) is 4.90 Å². The fourth-order valence-corrected chi connectivity index (χ4v) is 5.71. The minimum Gasteiger partial charge on any atom is -0.289 e. The summed E-state index contributed by atoms with van der Waals surface area (Å²) in [6.45, 7) is 0. The monoisotopic (exact) mass is 484 g/mol. The number of hydrogen-bond acceptors (Lipinski definition) is 6. The highest BCUT2D eigenvalue weighted by molar-refractivity contribution is 7.93. The highest BCUT2D eigenvalue weighted by atomic mass is 32.2. The zero-order valence-corrected chi connectivity index (χ0v) is 18.8. The molecule has 0 unspecified atom stereocenters. The van der Waals surface area contributed by atoms with Crippen molar-refractivity contribution in [2.75, 3.05) is 4.31 Å². The van der Waals surface area contributed by atoms with Gasteiger partial charge in [0.1, 0.15) is 5.69 Å². The van der Waals surface area contributed by atoms with Gasteiger partial charge in [-0.25, -0.2) is 12.7 Å². The molecule has 1 aliphatic rings. The molecule has 0 fully saturated rings. The summed E-state index contributed by atoms with van der Waals surface area (Å²) >= 11 is 0. The van der Waals surface area contributed by atoms with Crippen LogP contribution in [0.1, 0.15) is 31.8 Å². The lowest BCUT2D eigenvalue weighted by atomic mass is 9.83. The molecular weight excluding hydrogens is 468 g/mol. The first-order chi connectivity index (χ1) is 16.8. The second-order valence-electron chi connectivity index (χ2n) is 7.73. The van der Waals surface area contributed by atoms with Gasteiger partial charge in [0.2, 0.25) is 0 Å². The first-order valence-corrected chi connectivity index (χ1v) is 11.9. The minimum atomic E-state index is -4.45. The topological polar surface area (TPSA) is 115 Å². The van der Waals surface area contributed by atoms with E-state index in [4.69, 9.17) is 0 Å². The summed E-state index contributed by atoms with van der Waals surface area (Å²) in [5.74, 6) is -0.977. The van der Waals surface area contributed by atoms with Crippen molar-refractivity contribution in [3.8, 4) is 0 Å². The molecule has 0 spiro atoms. The average molecular weight is 484 g/mol. The Morgan fingerprint density at radius 2 is 1.17 bits per heavy atom. The third kappa shape index (κ3) is 3.49. The number of sulfonamides is 1. The number of carbonyl (C=O) groups is 2. The van der Waals surface area contributed by atoms with Crippen LogP contribution >= 0.6 is 0 Å². The van der Waals surface area contributed by atoms with Crippen LogP contribution in [0.5, 0.6) is 0 Å². The summed E-state index contributed by atoms with van der Waals surface area (Å²) in [4.78, 5) is 37.8. The van der Waals surface area contributed by atoms with E-state index in [9.17, 15) is 28.1 Å². The van der Waals surface area contributed by atoms with Crippen LogP contribution in [0, 0.1) is 10.1 Å². The summed E-state index contributed by atoms with van der Waals surface area (Å²) in [7, 11) is -4.45. The number of anilines is 2. The number of nitro benzene ring substituents is 1. The third-order valence-corrected chi connectivity index (χ3v) is 7.47. The van der Waals surface area contributed by atoms with Crippen LogP contribution in [0.25, 0.3) is 0 Å². The SMILES string of the molecule is O=C1c2ccccc2C(=O)c2c1cccc2N(c1ccccc1[N+](=O)[O-])S(=O)(=O)c1ccccc1. The largest absolute Gasteiger partial charge is 0.293 e. The van der Waals surface area contributed by atoms with Crippen LogP contribution in [0.2, 0.25) is 0 Å². The molecule has 0 atom stereocenters. The molecule has 172 valence electrons. The maximum absolute atomic E-state index is 13.9. The molecule has 5 rings (SSSR count). The van der Waals surface area contributed by atoms with Gasteiger partial charge < -0.3 is 0 Å². The number of rotatable bonds is 5. The molecule has 0 N–H and O–H groups in total. The van der Waals surface area contributed by atoms with Crippen LogP contribution < -0.4 is 4.31 Å². The molecule has 8 nitrogen and oxygen atoms in total. The van der Waals surface area contributed by atoms with Gasteiger partial charge in [-0.05, 0) is 24.3 Å². The van der Waals surface area contributed by atoms with E-state index in [-0.39, 0.29) is 38.5 Å². The molecule has 0 radical (unpaired) electrons. The maximum Gasteiger partial charge on any atom is 0.293 e. The lowest BCUT2D eigenvalue weighted by molar-refractivity contribution is -0.384. The van der Waals surface area contributed by atoms with E-state index in [2.05, 4.69) is 0 Å². The molecule has 0 aliphatic heterocycles. The second kappa shape index (κ2) is 8.30. The number of ketones is 2. The van der Waals surface area contributed by atoms with Crippen molar-refractivity contribution in [3.63, 3.8) is 0 Å². The van der Waals surface area contributed by atoms with E-state index in [1.807, 2.05) is 0 Å². The smallest absolute Gasteiger partial charge is 0.289 e. The van der Waals surface area contributed by atoms with Crippen molar-refractivity contribution in [3.05, 3.63) is 129 Å². The average Bonchev–Trinajstić information content (AvgIpc) is 2.88. The van der Waals surface area contributed by atoms with Gasteiger partial charge in [0.25, 0.3) is 15.7 Å².